The molecular formula is C17H23NO4. The fourth-order valence-corrected chi connectivity index (χ4v) is 1.83. The molecule has 0 aliphatic rings. The van der Waals surface area contributed by atoms with Crippen LogP contribution in [0.5, 0.6) is 0 Å². The van der Waals surface area contributed by atoms with Crippen LogP contribution < -0.4 is 5.32 Å². The molecular weight excluding hydrogens is 282 g/mol. The Balaban J connectivity index is 2.71. The van der Waals surface area contributed by atoms with Gasteiger partial charge in [-0.2, -0.15) is 0 Å². The first-order valence-electron chi connectivity index (χ1n) is 7.18. The van der Waals surface area contributed by atoms with Gasteiger partial charge in [0.25, 0.3) is 0 Å². The minimum absolute atomic E-state index is 0.0821. The van der Waals surface area contributed by atoms with Crippen molar-refractivity contribution < 1.29 is 19.4 Å². The van der Waals surface area contributed by atoms with Crippen LogP contribution in [0.2, 0.25) is 0 Å². The zero-order valence-electron chi connectivity index (χ0n) is 13.2. The Hall–Kier alpha value is -2.30. The third kappa shape index (κ3) is 8.09. The highest BCUT2D eigenvalue weighted by molar-refractivity contribution is 5.69. The first-order chi connectivity index (χ1) is 10.3. The van der Waals surface area contributed by atoms with Crippen molar-refractivity contribution >= 4 is 12.1 Å². The summed E-state index contributed by atoms with van der Waals surface area (Å²) in [5.41, 5.74) is 0.468. The van der Waals surface area contributed by atoms with Gasteiger partial charge in [0.05, 0.1) is 12.5 Å². The van der Waals surface area contributed by atoms with E-state index < -0.39 is 17.7 Å². The van der Waals surface area contributed by atoms with Crippen molar-refractivity contribution in [1.29, 1.82) is 0 Å². The van der Waals surface area contributed by atoms with Gasteiger partial charge in [-0.1, -0.05) is 42.5 Å². The molecule has 2 N–H and O–H groups in total. The zero-order valence-corrected chi connectivity index (χ0v) is 13.2. The van der Waals surface area contributed by atoms with Gasteiger partial charge in [0.15, 0.2) is 0 Å². The Labute approximate surface area is 131 Å². The predicted molar refractivity (Wildman–Crippen MR) is 84.7 cm³/mol. The van der Waals surface area contributed by atoms with Gasteiger partial charge in [-0.25, -0.2) is 4.79 Å². The van der Waals surface area contributed by atoms with E-state index in [1.807, 2.05) is 30.3 Å². The van der Waals surface area contributed by atoms with E-state index in [-0.39, 0.29) is 12.5 Å². The Kier molecular flexibility index (Phi) is 6.63. The molecule has 0 radical (unpaired) electrons. The number of carbonyl (C=O) groups is 2. The van der Waals surface area contributed by atoms with Crippen LogP contribution in [0.15, 0.2) is 42.5 Å². The minimum atomic E-state index is -0.910. The smallest absolute Gasteiger partial charge is 0.408 e. The summed E-state index contributed by atoms with van der Waals surface area (Å²) >= 11 is 0. The number of carbonyl (C=O) groups excluding carboxylic acids is 1. The highest BCUT2D eigenvalue weighted by atomic mass is 16.6. The molecule has 0 aliphatic carbocycles. The van der Waals surface area contributed by atoms with Crippen molar-refractivity contribution in [3.05, 3.63) is 48.0 Å². The average Bonchev–Trinajstić information content (AvgIpc) is 2.36. The number of nitrogens with one attached hydrogen (secondary N) is 1. The monoisotopic (exact) mass is 305 g/mol. The van der Waals surface area contributed by atoms with Crippen LogP contribution in [-0.4, -0.2) is 28.8 Å². The number of hydrogen-bond acceptors (Lipinski definition) is 3. The molecule has 0 bridgehead atoms. The molecule has 0 heterocycles. The fourth-order valence-electron chi connectivity index (χ4n) is 1.83. The lowest BCUT2D eigenvalue weighted by atomic mass is 10.1. The second-order valence-electron chi connectivity index (χ2n) is 5.97. The molecule has 1 rings (SSSR count). The van der Waals surface area contributed by atoms with E-state index in [9.17, 15) is 9.59 Å². The molecule has 120 valence electrons. The van der Waals surface area contributed by atoms with Crippen LogP contribution in [0.4, 0.5) is 4.79 Å². The van der Waals surface area contributed by atoms with E-state index in [1.165, 1.54) is 6.08 Å². The molecule has 1 atom stereocenters. The van der Waals surface area contributed by atoms with Crippen molar-refractivity contribution in [2.45, 2.75) is 45.3 Å². The van der Waals surface area contributed by atoms with E-state index in [0.29, 0.717) is 6.42 Å². The largest absolute Gasteiger partial charge is 0.481 e. The lowest BCUT2D eigenvalue weighted by Crippen LogP contribution is -2.39. The van der Waals surface area contributed by atoms with E-state index >= 15 is 0 Å². The summed E-state index contributed by atoms with van der Waals surface area (Å²) in [5, 5.41) is 11.4. The molecule has 0 aromatic heterocycles. The number of rotatable bonds is 6. The third-order valence-electron chi connectivity index (χ3n) is 2.66. The topological polar surface area (TPSA) is 75.6 Å². The van der Waals surface area contributed by atoms with Gasteiger partial charge in [-0.3, -0.25) is 4.79 Å². The SMILES string of the molecule is CC(C)(C)OC(=O)NC(/C=C/CC(=O)O)Cc1ccccc1. The molecule has 5 heteroatoms. The Bertz CT molecular complexity index is 517. The summed E-state index contributed by atoms with van der Waals surface area (Å²) < 4.78 is 5.23. The van der Waals surface area contributed by atoms with Crippen molar-refractivity contribution in [3.8, 4) is 0 Å². The Morgan fingerprint density at radius 2 is 1.91 bits per heavy atom. The van der Waals surface area contributed by atoms with Gasteiger partial charge in [0.1, 0.15) is 5.60 Å². The summed E-state index contributed by atoms with van der Waals surface area (Å²) in [4.78, 5) is 22.5. The molecule has 0 fully saturated rings. The van der Waals surface area contributed by atoms with Gasteiger partial charge < -0.3 is 15.2 Å². The van der Waals surface area contributed by atoms with Crippen molar-refractivity contribution in [2.75, 3.05) is 0 Å². The van der Waals surface area contributed by atoms with E-state index in [4.69, 9.17) is 9.84 Å². The summed E-state index contributed by atoms with van der Waals surface area (Å²) in [6.45, 7) is 5.37. The number of amides is 1. The van der Waals surface area contributed by atoms with Crippen LogP contribution in [-0.2, 0) is 16.0 Å². The molecule has 1 unspecified atom stereocenters. The highest BCUT2D eigenvalue weighted by Gasteiger charge is 2.18. The van der Waals surface area contributed by atoms with Gasteiger partial charge in [-0.05, 0) is 32.8 Å². The maximum Gasteiger partial charge on any atom is 0.408 e. The normalized spacial score (nSPS) is 12.9. The van der Waals surface area contributed by atoms with Crippen LogP contribution in [0, 0.1) is 0 Å². The summed E-state index contributed by atoms with van der Waals surface area (Å²) in [7, 11) is 0. The molecule has 5 nitrogen and oxygen atoms in total. The molecule has 1 aromatic rings. The summed E-state index contributed by atoms with van der Waals surface area (Å²) in [6, 6.07) is 9.34. The molecule has 0 spiro atoms. The van der Waals surface area contributed by atoms with Crippen LogP contribution in [0.25, 0.3) is 0 Å². The number of carboxylic acid groups (broad SMARTS) is 1. The predicted octanol–water partition coefficient (Wildman–Crippen LogP) is 3.15. The maximum atomic E-state index is 11.9. The van der Waals surface area contributed by atoms with Gasteiger partial charge in [-0.15, -0.1) is 0 Å². The number of ether oxygens (including phenoxy) is 1. The first kappa shape index (κ1) is 17.8. The van der Waals surface area contributed by atoms with Crippen molar-refractivity contribution in [1.82, 2.24) is 5.32 Å². The van der Waals surface area contributed by atoms with Crippen LogP contribution in [0.1, 0.15) is 32.8 Å². The van der Waals surface area contributed by atoms with E-state index in [2.05, 4.69) is 5.32 Å². The summed E-state index contributed by atoms with van der Waals surface area (Å²) in [6.07, 6.45) is 3.18. The molecule has 1 aromatic carbocycles. The van der Waals surface area contributed by atoms with Crippen LogP contribution >= 0.6 is 0 Å². The van der Waals surface area contributed by atoms with Gasteiger partial charge >= 0.3 is 12.1 Å². The van der Waals surface area contributed by atoms with Crippen molar-refractivity contribution in [2.24, 2.45) is 0 Å². The maximum absolute atomic E-state index is 11.9. The lowest BCUT2D eigenvalue weighted by Gasteiger charge is -2.22. The fraction of sp³-hybridized carbons (Fsp3) is 0.412. The number of benzene rings is 1. The van der Waals surface area contributed by atoms with Gasteiger partial charge in [0.2, 0.25) is 0 Å². The lowest BCUT2D eigenvalue weighted by molar-refractivity contribution is -0.136. The average molecular weight is 305 g/mol. The minimum Gasteiger partial charge on any atom is -0.481 e. The highest BCUT2D eigenvalue weighted by Crippen LogP contribution is 2.09. The Morgan fingerprint density at radius 1 is 1.27 bits per heavy atom. The summed E-state index contributed by atoms with van der Waals surface area (Å²) in [5.74, 6) is -0.910. The molecule has 1 amide bonds. The quantitative estimate of drug-likeness (QED) is 0.792. The number of carboxylic acids is 1. The standard InChI is InChI=1S/C17H23NO4/c1-17(2,3)22-16(21)18-14(10-7-11-15(19)20)12-13-8-5-4-6-9-13/h4-10,14H,11-12H2,1-3H3,(H,18,21)(H,19,20)/b10-7+. The number of aliphatic carboxylic acids is 1. The third-order valence-corrected chi connectivity index (χ3v) is 2.66. The molecule has 0 aliphatic heterocycles. The van der Waals surface area contributed by atoms with E-state index in [0.717, 1.165) is 5.56 Å². The number of alkyl carbamates (subject to hydrolysis) is 1. The molecule has 0 saturated heterocycles. The van der Waals surface area contributed by atoms with Gasteiger partial charge in [0, 0.05) is 0 Å². The van der Waals surface area contributed by atoms with Crippen LogP contribution in [0.3, 0.4) is 0 Å². The molecule has 22 heavy (non-hydrogen) atoms. The second kappa shape index (κ2) is 8.22. The zero-order chi connectivity index (χ0) is 16.6. The second-order valence-corrected chi connectivity index (χ2v) is 5.97. The molecule has 0 saturated carbocycles. The van der Waals surface area contributed by atoms with E-state index in [1.54, 1.807) is 26.8 Å². The first-order valence-corrected chi connectivity index (χ1v) is 7.18. The number of hydrogen-bond donors (Lipinski definition) is 2. The Morgan fingerprint density at radius 3 is 2.45 bits per heavy atom. The van der Waals surface area contributed by atoms with Crippen molar-refractivity contribution in [3.63, 3.8) is 0 Å².